The summed E-state index contributed by atoms with van der Waals surface area (Å²) in [6.45, 7) is 1.98. The molecule has 3 rings (SSSR count). The first-order valence-corrected chi connectivity index (χ1v) is 7.11. The van der Waals surface area contributed by atoms with E-state index < -0.39 is 5.09 Å². The van der Waals surface area contributed by atoms with Gasteiger partial charge in [-0.3, -0.25) is 0 Å². The highest BCUT2D eigenvalue weighted by Gasteiger charge is 2.04. The van der Waals surface area contributed by atoms with Crippen LogP contribution >= 0.6 is 0 Å². The third kappa shape index (κ3) is 5.38. The highest BCUT2D eigenvalue weighted by atomic mass is 16.9. The van der Waals surface area contributed by atoms with E-state index in [2.05, 4.69) is 15.3 Å². The number of hydrogen-bond acceptors (Lipinski definition) is 5. The topological polar surface area (TPSA) is 101 Å². The minimum atomic E-state index is -1.50. The smallest absolute Gasteiger partial charge is 0.291 e. The molecule has 0 spiro atoms. The van der Waals surface area contributed by atoms with E-state index in [1.807, 2.05) is 73.7 Å². The Bertz CT molecular complexity index is 791. The van der Waals surface area contributed by atoms with Gasteiger partial charge in [0.05, 0.1) is 5.69 Å². The monoisotopic (exact) mass is 324 g/mol. The fraction of sp³-hybridized carbons (Fsp3) is 0.0588. The Morgan fingerprint density at radius 3 is 2.12 bits per heavy atom. The SMILES string of the molecule is Cc1cc(-c2ccccc2)nc(Nc2ccccc2)n1.O=[N+]([O-])O. The summed E-state index contributed by atoms with van der Waals surface area (Å²) in [5.41, 5.74) is 3.94. The normalized spacial score (nSPS) is 9.54. The summed E-state index contributed by atoms with van der Waals surface area (Å²) < 4.78 is 0. The first-order chi connectivity index (χ1) is 11.5. The van der Waals surface area contributed by atoms with Gasteiger partial charge in [0, 0.05) is 16.9 Å². The molecule has 0 atom stereocenters. The maximum atomic E-state index is 8.36. The van der Waals surface area contributed by atoms with Gasteiger partial charge in [-0.1, -0.05) is 48.5 Å². The molecule has 0 saturated heterocycles. The van der Waals surface area contributed by atoms with Crippen molar-refractivity contribution in [1.29, 1.82) is 0 Å². The fourth-order valence-corrected chi connectivity index (χ4v) is 2.03. The maximum Gasteiger partial charge on any atom is 0.291 e. The molecule has 0 aliphatic rings. The van der Waals surface area contributed by atoms with Crippen molar-refractivity contribution in [2.24, 2.45) is 0 Å². The number of aryl methyl sites for hydroxylation is 1. The number of rotatable bonds is 3. The first-order valence-electron chi connectivity index (χ1n) is 7.11. The lowest BCUT2D eigenvalue weighted by Gasteiger charge is -2.08. The van der Waals surface area contributed by atoms with E-state index in [0.717, 1.165) is 22.6 Å². The van der Waals surface area contributed by atoms with Crippen molar-refractivity contribution in [3.05, 3.63) is 82.5 Å². The number of aromatic nitrogens is 2. The number of para-hydroxylation sites is 1. The predicted molar refractivity (Wildman–Crippen MR) is 90.7 cm³/mol. The molecule has 3 aromatic rings. The minimum Gasteiger partial charge on any atom is -0.328 e. The Morgan fingerprint density at radius 2 is 1.54 bits per heavy atom. The van der Waals surface area contributed by atoms with Crippen molar-refractivity contribution in [3.8, 4) is 11.3 Å². The van der Waals surface area contributed by atoms with E-state index in [1.165, 1.54) is 0 Å². The van der Waals surface area contributed by atoms with Gasteiger partial charge < -0.3 is 10.5 Å². The number of hydrogen-bond donors (Lipinski definition) is 2. The van der Waals surface area contributed by atoms with Gasteiger partial charge in [-0.2, -0.15) is 0 Å². The third-order valence-corrected chi connectivity index (χ3v) is 2.95. The first kappa shape index (κ1) is 16.9. The third-order valence-electron chi connectivity index (χ3n) is 2.95. The zero-order valence-corrected chi connectivity index (χ0v) is 13.0. The van der Waals surface area contributed by atoms with Crippen molar-refractivity contribution < 1.29 is 10.3 Å². The molecular formula is C17H16N4O3. The molecule has 24 heavy (non-hydrogen) atoms. The highest BCUT2D eigenvalue weighted by Crippen LogP contribution is 2.20. The molecule has 0 aliphatic heterocycles. The molecule has 0 bridgehead atoms. The lowest BCUT2D eigenvalue weighted by molar-refractivity contribution is -0.742. The van der Waals surface area contributed by atoms with Gasteiger partial charge in [0.2, 0.25) is 5.95 Å². The Labute approximate surface area is 138 Å². The molecule has 7 nitrogen and oxygen atoms in total. The molecule has 0 radical (unpaired) electrons. The van der Waals surface area contributed by atoms with Gasteiger partial charge in [-0.15, -0.1) is 10.1 Å². The van der Waals surface area contributed by atoms with Crippen LogP contribution < -0.4 is 5.32 Å². The summed E-state index contributed by atoms with van der Waals surface area (Å²) in [7, 11) is 0. The van der Waals surface area contributed by atoms with E-state index in [0.29, 0.717) is 5.95 Å². The van der Waals surface area contributed by atoms with E-state index in [9.17, 15) is 0 Å². The maximum absolute atomic E-state index is 8.36. The van der Waals surface area contributed by atoms with Gasteiger partial charge >= 0.3 is 0 Å². The van der Waals surface area contributed by atoms with Crippen molar-refractivity contribution in [2.45, 2.75) is 6.92 Å². The Hall–Kier alpha value is -3.48. The van der Waals surface area contributed by atoms with Crippen molar-refractivity contribution in [1.82, 2.24) is 9.97 Å². The van der Waals surface area contributed by atoms with Crippen LogP contribution in [0.1, 0.15) is 5.69 Å². The summed E-state index contributed by atoms with van der Waals surface area (Å²) in [6.07, 6.45) is 0. The zero-order chi connectivity index (χ0) is 17.4. The van der Waals surface area contributed by atoms with Gasteiger partial charge in [0.25, 0.3) is 5.09 Å². The largest absolute Gasteiger partial charge is 0.328 e. The molecule has 0 fully saturated rings. The molecule has 0 unspecified atom stereocenters. The van der Waals surface area contributed by atoms with Crippen LogP contribution in [-0.2, 0) is 0 Å². The molecule has 2 N–H and O–H groups in total. The fourth-order valence-electron chi connectivity index (χ4n) is 2.03. The molecule has 2 aromatic carbocycles. The van der Waals surface area contributed by atoms with E-state index in [4.69, 9.17) is 15.3 Å². The van der Waals surface area contributed by atoms with Crippen LogP contribution in [0.2, 0.25) is 0 Å². The Balaban J connectivity index is 0.000000471. The van der Waals surface area contributed by atoms with Gasteiger partial charge in [0.15, 0.2) is 0 Å². The van der Waals surface area contributed by atoms with Crippen molar-refractivity contribution in [3.63, 3.8) is 0 Å². The quantitative estimate of drug-likeness (QED) is 0.560. The number of nitrogens with one attached hydrogen (secondary N) is 1. The van der Waals surface area contributed by atoms with Gasteiger partial charge in [-0.05, 0) is 25.1 Å². The van der Waals surface area contributed by atoms with Crippen LogP contribution in [0.5, 0.6) is 0 Å². The molecular weight excluding hydrogens is 308 g/mol. The second-order valence-electron chi connectivity index (χ2n) is 4.81. The van der Waals surface area contributed by atoms with Crippen molar-refractivity contribution >= 4 is 11.6 Å². The lowest BCUT2D eigenvalue weighted by Crippen LogP contribution is -1.99. The molecule has 7 heteroatoms. The van der Waals surface area contributed by atoms with E-state index >= 15 is 0 Å². The molecule has 0 saturated carbocycles. The predicted octanol–water partition coefficient (Wildman–Crippen LogP) is 3.85. The standard InChI is InChI=1S/C17H15N3.HNO3/c1-13-12-16(14-8-4-2-5-9-14)20-17(18-13)19-15-10-6-3-7-11-15;2-1(3)4/h2-12H,1H3,(H,18,19,20);(H,2,3,4). The summed E-state index contributed by atoms with van der Waals surface area (Å²) in [6, 6.07) is 22.0. The van der Waals surface area contributed by atoms with Crippen LogP contribution in [0, 0.1) is 17.0 Å². The summed E-state index contributed by atoms with van der Waals surface area (Å²) in [4.78, 5) is 17.4. The van der Waals surface area contributed by atoms with Crippen LogP contribution in [0.15, 0.2) is 66.7 Å². The Kier molecular flexibility index (Phi) is 5.79. The van der Waals surface area contributed by atoms with Crippen LogP contribution in [-0.4, -0.2) is 20.3 Å². The molecule has 0 aliphatic carbocycles. The second-order valence-corrected chi connectivity index (χ2v) is 4.81. The average molecular weight is 324 g/mol. The lowest BCUT2D eigenvalue weighted by atomic mass is 10.1. The molecule has 1 heterocycles. The van der Waals surface area contributed by atoms with Crippen LogP contribution in [0.4, 0.5) is 11.6 Å². The van der Waals surface area contributed by atoms with Crippen LogP contribution in [0.25, 0.3) is 11.3 Å². The zero-order valence-electron chi connectivity index (χ0n) is 13.0. The summed E-state index contributed by atoms with van der Waals surface area (Å²) in [5.74, 6) is 0.620. The van der Waals surface area contributed by atoms with Crippen LogP contribution in [0.3, 0.4) is 0 Å². The summed E-state index contributed by atoms with van der Waals surface area (Å²) in [5, 5.41) is 16.9. The molecule has 0 amide bonds. The van der Waals surface area contributed by atoms with Gasteiger partial charge in [-0.25, -0.2) is 9.97 Å². The van der Waals surface area contributed by atoms with E-state index in [1.54, 1.807) is 0 Å². The molecule has 122 valence electrons. The number of anilines is 2. The average Bonchev–Trinajstić information content (AvgIpc) is 2.55. The summed E-state index contributed by atoms with van der Waals surface area (Å²) >= 11 is 0. The number of nitrogens with zero attached hydrogens (tertiary/aromatic N) is 3. The van der Waals surface area contributed by atoms with Gasteiger partial charge in [0.1, 0.15) is 0 Å². The highest BCUT2D eigenvalue weighted by molar-refractivity contribution is 5.62. The Morgan fingerprint density at radius 1 is 1.00 bits per heavy atom. The van der Waals surface area contributed by atoms with E-state index in [-0.39, 0.29) is 0 Å². The second kappa shape index (κ2) is 8.23. The minimum absolute atomic E-state index is 0.620. The molecule has 1 aromatic heterocycles. The van der Waals surface area contributed by atoms with Crippen molar-refractivity contribution in [2.75, 3.05) is 5.32 Å². The number of benzene rings is 2.